The Morgan fingerprint density at radius 3 is 2.65 bits per heavy atom. The molecule has 20 heavy (non-hydrogen) atoms. The molecular formula is C11H16ClN3O4S. The maximum atomic E-state index is 12.1. The van der Waals surface area contributed by atoms with E-state index in [0.717, 1.165) is 12.3 Å². The van der Waals surface area contributed by atoms with Crippen LogP contribution in [0.4, 0.5) is 0 Å². The average molecular weight is 322 g/mol. The molecule has 9 heteroatoms. The summed E-state index contributed by atoms with van der Waals surface area (Å²) in [6.45, 7) is 3.69. The maximum absolute atomic E-state index is 12.1. The first-order valence-electron chi connectivity index (χ1n) is 5.84. The van der Waals surface area contributed by atoms with Gasteiger partial charge >= 0.3 is 0 Å². The number of likely N-dealkylation sites (N-methyl/N-ethyl adjacent to an activating group) is 1. The van der Waals surface area contributed by atoms with Crippen LogP contribution >= 0.6 is 11.6 Å². The van der Waals surface area contributed by atoms with Gasteiger partial charge in [0.1, 0.15) is 5.02 Å². The van der Waals surface area contributed by atoms with Crippen molar-refractivity contribution in [2.45, 2.75) is 24.8 Å². The van der Waals surface area contributed by atoms with E-state index in [9.17, 15) is 18.0 Å². The second-order valence-corrected chi connectivity index (χ2v) is 6.33. The molecule has 1 heterocycles. The summed E-state index contributed by atoms with van der Waals surface area (Å²) in [7, 11) is -2.36. The summed E-state index contributed by atoms with van der Waals surface area (Å²) < 4.78 is 26.4. The zero-order chi connectivity index (χ0) is 15.5. The van der Waals surface area contributed by atoms with Crippen LogP contribution in [0.1, 0.15) is 13.8 Å². The Labute approximate surface area is 122 Å². The number of aromatic nitrogens is 1. The van der Waals surface area contributed by atoms with Gasteiger partial charge in [-0.1, -0.05) is 11.6 Å². The fraction of sp³-hybridized carbons (Fsp3) is 0.455. The third-order valence-corrected chi connectivity index (χ3v) is 4.50. The van der Waals surface area contributed by atoms with E-state index < -0.39 is 21.6 Å². The predicted octanol–water partition coefficient (Wildman–Crippen LogP) is 0.173. The standard InChI is InChI=1S/C11H16ClN3O4S/c1-4-15(3)11(17)7(2)14-20(18,19)8-5-9(12)10(16)13-6-8/h5-7,14H,4H2,1-3H3,(H,13,16). The number of halogens is 1. The van der Waals surface area contributed by atoms with Crippen molar-refractivity contribution in [2.75, 3.05) is 13.6 Å². The number of carbonyl (C=O) groups excluding carboxylic acids is 1. The molecule has 1 aromatic rings. The van der Waals surface area contributed by atoms with E-state index in [2.05, 4.69) is 9.71 Å². The first-order chi connectivity index (χ1) is 9.19. The lowest BCUT2D eigenvalue weighted by atomic mass is 10.3. The van der Waals surface area contributed by atoms with E-state index in [0.29, 0.717) is 6.54 Å². The van der Waals surface area contributed by atoms with Crippen molar-refractivity contribution in [1.82, 2.24) is 14.6 Å². The maximum Gasteiger partial charge on any atom is 0.266 e. The molecule has 0 aliphatic heterocycles. The number of hydrogen-bond acceptors (Lipinski definition) is 4. The van der Waals surface area contributed by atoms with Crippen LogP contribution in [0.5, 0.6) is 0 Å². The van der Waals surface area contributed by atoms with Crippen molar-refractivity contribution >= 4 is 27.5 Å². The van der Waals surface area contributed by atoms with Crippen LogP contribution in [-0.2, 0) is 14.8 Å². The molecule has 0 aliphatic carbocycles. The van der Waals surface area contributed by atoms with Gasteiger partial charge in [0, 0.05) is 19.8 Å². The van der Waals surface area contributed by atoms with Crippen molar-refractivity contribution < 1.29 is 13.2 Å². The molecule has 7 nitrogen and oxygen atoms in total. The highest BCUT2D eigenvalue weighted by atomic mass is 35.5. The highest BCUT2D eigenvalue weighted by Gasteiger charge is 2.24. The van der Waals surface area contributed by atoms with E-state index in [1.807, 2.05) is 0 Å². The van der Waals surface area contributed by atoms with Gasteiger partial charge in [0.15, 0.2) is 0 Å². The third kappa shape index (κ3) is 3.81. The molecule has 112 valence electrons. The first-order valence-corrected chi connectivity index (χ1v) is 7.70. The number of nitrogens with zero attached hydrogens (tertiary/aromatic N) is 1. The summed E-state index contributed by atoms with van der Waals surface area (Å²) >= 11 is 5.58. The topological polar surface area (TPSA) is 99.3 Å². The number of sulfonamides is 1. The van der Waals surface area contributed by atoms with Gasteiger partial charge < -0.3 is 9.88 Å². The molecule has 0 saturated heterocycles. The molecule has 1 unspecified atom stereocenters. The summed E-state index contributed by atoms with van der Waals surface area (Å²) in [5, 5.41) is -0.238. The van der Waals surface area contributed by atoms with E-state index in [-0.39, 0.29) is 15.8 Å². The summed E-state index contributed by atoms with van der Waals surface area (Å²) in [5.41, 5.74) is -0.583. The van der Waals surface area contributed by atoms with Crippen LogP contribution in [0.25, 0.3) is 0 Å². The quantitative estimate of drug-likeness (QED) is 0.807. The molecule has 1 atom stereocenters. The van der Waals surface area contributed by atoms with Gasteiger partial charge in [0.2, 0.25) is 15.9 Å². The Bertz CT molecular complexity index is 656. The zero-order valence-electron chi connectivity index (χ0n) is 11.3. The van der Waals surface area contributed by atoms with Gasteiger partial charge in [0.05, 0.1) is 10.9 Å². The molecule has 0 fully saturated rings. The first kappa shape index (κ1) is 16.7. The van der Waals surface area contributed by atoms with Gasteiger partial charge in [-0.05, 0) is 19.9 Å². The number of hydrogen-bond donors (Lipinski definition) is 2. The SMILES string of the molecule is CCN(C)C(=O)C(C)NS(=O)(=O)c1c[nH]c(=O)c(Cl)c1. The summed E-state index contributed by atoms with van der Waals surface area (Å²) in [6.07, 6.45) is 1.03. The Kier molecular flexibility index (Phi) is 5.32. The van der Waals surface area contributed by atoms with E-state index in [1.54, 1.807) is 14.0 Å². The van der Waals surface area contributed by atoms with Crippen molar-refractivity contribution in [2.24, 2.45) is 0 Å². The minimum atomic E-state index is -3.94. The number of carbonyl (C=O) groups is 1. The molecule has 1 aromatic heterocycles. The second kappa shape index (κ2) is 6.38. The number of amides is 1. The van der Waals surface area contributed by atoms with Crippen molar-refractivity contribution in [3.8, 4) is 0 Å². The molecule has 0 bridgehead atoms. The lowest BCUT2D eigenvalue weighted by Crippen LogP contribution is -2.45. The Hall–Kier alpha value is -1.38. The minimum absolute atomic E-state index is 0.207. The van der Waals surface area contributed by atoms with Gasteiger partial charge in [-0.15, -0.1) is 0 Å². The monoisotopic (exact) mass is 321 g/mol. The smallest absolute Gasteiger partial charge is 0.266 e. The van der Waals surface area contributed by atoms with Crippen molar-refractivity contribution in [1.29, 1.82) is 0 Å². The second-order valence-electron chi connectivity index (χ2n) is 4.21. The summed E-state index contributed by atoms with van der Waals surface area (Å²) in [6, 6.07) is 0.111. The normalized spacial score (nSPS) is 13.0. The number of pyridine rings is 1. The van der Waals surface area contributed by atoms with E-state index >= 15 is 0 Å². The lowest BCUT2D eigenvalue weighted by molar-refractivity contribution is -0.131. The van der Waals surface area contributed by atoms with E-state index in [1.165, 1.54) is 11.8 Å². The van der Waals surface area contributed by atoms with Crippen LogP contribution < -0.4 is 10.3 Å². The molecule has 1 amide bonds. The molecule has 0 aromatic carbocycles. The molecular weight excluding hydrogens is 306 g/mol. The van der Waals surface area contributed by atoms with Crippen LogP contribution in [0.15, 0.2) is 22.0 Å². The molecule has 0 saturated carbocycles. The number of nitrogens with one attached hydrogen (secondary N) is 2. The Morgan fingerprint density at radius 1 is 1.55 bits per heavy atom. The average Bonchev–Trinajstić information content (AvgIpc) is 2.39. The largest absolute Gasteiger partial charge is 0.345 e. The number of aromatic amines is 1. The van der Waals surface area contributed by atoms with Crippen molar-refractivity contribution in [3.05, 3.63) is 27.6 Å². The van der Waals surface area contributed by atoms with Gasteiger partial charge in [-0.2, -0.15) is 4.72 Å². The summed E-state index contributed by atoms with van der Waals surface area (Å²) in [5.74, 6) is -0.355. The van der Waals surface area contributed by atoms with Gasteiger partial charge in [-0.3, -0.25) is 9.59 Å². The summed E-state index contributed by atoms with van der Waals surface area (Å²) in [4.78, 5) is 26.3. The molecule has 1 rings (SSSR count). The fourth-order valence-corrected chi connectivity index (χ4v) is 2.86. The van der Waals surface area contributed by atoms with Gasteiger partial charge in [-0.25, -0.2) is 8.42 Å². The van der Waals surface area contributed by atoms with Crippen LogP contribution in [0.3, 0.4) is 0 Å². The molecule has 0 spiro atoms. The Balaban J connectivity index is 2.98. The highest BCUT2D eigenvalue weighted by molar-refractivity contribution is 7.89. The van der Waals surface area contributed by atoms with Crippen LogP contribution in [0, 0.1) is 0 Å². The Morgan fingerprint density at radius 2 is 2.15 bits per heavy atom. The molecule has 0 aliphatic rings. The van der Waals surface area contributed by atoms with Crippen LogP contribution in [-0.4, -0.2) is 43.8 Å². The van der Waals surface area contributed by atoms with E-state index in [4.69, 9.17) is 11.6 Å². The van der Waals surface area contributed by atoms with Gasteiger partial charge in [0.25, 0.3) is 5.56 Å². The minimum Gasteiger partial charge on any atom is -0.345 e. The number of rotatable bonds is 5. The number of H-pyrrole nitrogens is 1. The third-order valence-electron chi connectivity index (χ3n) is 2.69. The van der Waals surface area contributed by atoms with Crippen LogP contribution in [0.2, 0.25) is 5.02 Å². The highest BCUT2D eigenvalue weighted by Crippen LogP contribution is 2.11. The lowest BCUT2D eigenvalue weighted by Gasteiger charge is -2.20. The van der Waals surface area contributed by atoms with Crippen molar-refractivity contribution in [3.63, 3.8) is 0 Å². The molecule has 2 N–H and O–H groups in total. The molecule has 0 radical (unpaired) electrons. The zero-order valence-corrected chi connectivity index (χ0v) is 12.9. The predicted molar refractivity (Wildman–Crippen MR) is 75.2 cm³/mol. The fourth-order valence-electron chi connectivity index (χ4n) is 1.43.